The van der Waals surface area contributed by atoms with E-state index in [1.165, 1.54) is 0 Å². The molecule has 0 saturated heterocycles. The second-order valence-electron chi connectivity index (χ2n) is 14.1. The van der Waals surface area contributed by atoms with Crippen LogP contribution >= 0.6 is 0 Å². The maximum Gasteiger partial charge on any atom is 0.217 e. The van der Waals surface area contributed by atoms with E-state index in [-0.39, 0.29) is 30.5 Å². The Morgan fingerprint density at radius 2 is 1.59 bits per heavy atom. The van der Waals surface area contributed by atoms with Crippen molar-refractivity contribution in [2.24, 2.45) is 58.2 Å². The molecule has 4 aliphatic rings. The molecule has 0 amide bonds. The third-order valence-corrected chi connectivity index (χ3v) is 12.3. The molecular formula is C28H47O10S-. The predicted molar refractivity (Wildman–Crippen MR) is 140 cm³/mol. The molecule has 4 fully saturated rings. The lowest BCUT2D eigenvalue weighted by atomic mass is 9.42. The summed E-state index contributed by atoms with van der Waals surface area (Å²) in [6, 6.07) is 0. The molecule has 0 aromatic rings. The van der Waals surface area contributed by atoms with Crippen LogP contribution in [0.4, 0.5) is 0 Å². The molecule has 3 unspecified atom stereocenters. The maximum atomic E-state index is 13.7. The van der Waals surface area contributed by atoms with Crippen molar-refractivity contribution in [1.82, 2.24) is 0 Å². The molecule has 0 aromatic heterocycles. The lowest BCUT2D eigenvalue weighted by Crippen LogP contribution is -2.70. The number of fused-ring (bicyclic) bond motifs is 5. The molecule has 0 bridgehead atoms. The van der Waals surface area contributed by atoms with Crippen LogP contribution in [0.2, 0.25) is 0 Å². The van der Waals surface area contributed by atoms with Crippen molar-refractivity contribution in [3.63, 3.8) is 0 Å². The van der Waals surface area contributed by atoms with E-state index in [0.717, 1.165) is 0 Å². The van der Waals surface area contributed by atoms with Gasteiger partial charge in [0.25, 0.3) is 0 Å². The molecule has 15 atom stereocenters. The van der Waals surface area contributed by atoms with Crippen molar-refractivity contribution in [2.45, 2.75) is 110 Å². The number of hydrogen-bond donors (Lipinski definition) is 5. The summed E-state index contributed by atoms with van der Waals surface area (Å²) in [6.45, 7) is 12.1. The Labute approximate surface area is 232 Å². The van der Waals surface area contributed by atoms with E-state index in [1.54, 1.807) is 6.92 Å². The van der Waals surface area contributed by atoms with Crippen molar-refractivity contribution in [3.05, 3.63) is 0 Å². The van der Waals surface area contributed by atoms with Crippen molar-refractivity contribution in [2.75, 3.05) is 0 Å². The second kappa shape index (κ2) is 10.6. The summed E-state index contributed by atoms with van der Waals surface area (Å²) in [7, 11) is -5.18. The smallest absolute Gasteiger partial charge is 0.217 e. The van der Waals surface area contributed by atoms with Gasteiger partial charge in [-0.2, -0.15) is 0 Å². The summed E-state index contributed by atoms with van der Waals surface area (Å²) in [5.74, 6) is -2.21. The van der Waals surface area contributed by atoms with Crippen LogP contribution in [0.1, 0.15) is 73.6 Å². The van der Waals surface area contributed by atoms with Gasteiger partial charge >= 0.3 is 0 Å². The highest BCUT2D eigenvalue weighted by atomic mass is 32.3. The van der Waals surface area contributed by atoms with Gasteiger partial charge in [-0.1, -0.05) is 41.5 Å². The van der Waals surface area contributed by atoms with E-state index in [9.17, 15) is 43.3 Å². The van der Waals surface area contributed by atoms with Crippen LogP contribution in [0.15, 0.2) is 0 Å². The van der Waals surface area contributed by atoms with Gasteiger partial charge in [0.15, 0.2) is 0 Å². The molecule has 226 valence electrons. The number of rotatable bonds is 7. The van der Waals surface area contributed by atoms with Crippen molar-refractivity contribution in [1.29, 1.82) is 0 Å². The highest BCUT2D eigenvalue weighted by molar-refractivity contribution is 7.80. The van der Waals surface area contributed by atoms with Gasteiger partial charge in [0.1, 0.15) is 18.0 Å². The topological polar surface area (TPSA) is 185 Å². The van der Waals surface area contributed by atoms with Crippen LogP contribution in [-0.4, -0.2) is 80.9 Å². The number of carbonyl (C=O) groups excluding carboxylic acids is 1. The number of aliphatic hydroxyl groups excluding tert-OH is 5. The highest BCUT2D eigenvalue weighted by Gasteiger charge is 2.70. The molecule has 11 heteroatoms. The van der Waals surface area contributed by atoms with Crippen LogP contribution in [0.5, 0.6) is 0 Å². The fraction of sp³-hybridized carbons (Fsp3) is 0.964. The first kappa shape index (κ1) is 31.3. The fourth-order valence-electron chi connectivity index (χ4n) is 9.37. The second-order valence-corrected chi connectivity index (χ2v) is 15.1. The largest absolute Gasteiger partial charge is 0.726 e. The minimum absolute atomic E-state index is 0.0206. The quantitative estimate of drug-likeness (QED) is 0.218. The molecule has 4 saturated carbocycles. The van der Waals surface area contributed by atoms with Gasteiger partial charge in [-0.05, 0) is 66.1 Å². The molecule has 0 aliphatic heterocycles. The molecule has 5 N–H and O–H groups in total. The molecule has 0 heterocycles. The van der Waals surface area contributed by atoms with Gasteiger partial charge in [-0.15, -0.1) is 0 Å². The lowest BCUT2D eigenvalue weighted by Gasteiger charge is -2.64. The zero-order valence-electron chi connectivity index (χ0n) is 23.8. The average Bonchev–Trinajstić information content (AvgIpc) is 3.09. The third kappa shape index (κ3) is 5.13. The standard InChI is InChI=1S/C28H48O10S/c1-12(2)13(3)9-17(29)14(4)16-10-18(30)21-20-15(7-8-27(16,21)5)28(6)11-19(38-39(35,36)37)23(31)25(33)22(28)26(34)24(20)32/h12-17,19-26,29,31-34H,7-11H2,1-6H3,(H,35,36,37)/p-1/t13?,14?,15-,16+,17?,19-,20+,21+,22+,23+,24+,25-,26+,27+,28+/m0/s1. The van der Waals surface area contributed by atoms with Crippen LogP contribution in [0.3, 0.4) is 0 Å². The summed E-state index contributed by atoms with van der Waals surface area (Å²) in [4.78, 5) is 13.7. The number of carbonyl (C=O) groups is 1. The molecule has 4 aliphatic carbocycles. The van der Waals surface area contributed by atoms with Gasteiger partial charge in [0.2, 0.25) is 10.4 Å². The average molecular weight is 576 g/mol. The SMILES string of the molecule is CC(C)C(C)CC(O)C(C)[C@H]1CC(=O)[C@@H]2[C@@H]3[C@@H](O)[C@H](O)[C@H]4[C@H](O)[C@H](O)[C@@H](OS(=O)(=O)[O-])C[C@]4(C)[C@H]3CC[C@]12C. The minimum Gasteiger partial charge on any atom is -0.726 e. The van der Waals surface area contributed by atoms with E-state index >= 15 is 0 Å². The van der Waals surface area contributed by atoms with Crippen molar-refractivity contribution < 1.29 is 47.5 Å². The molecule has 4 rings (SSSR count). The molecule has 0 aromatic carbocycles. The lowest BCUT2D eigenvalue weighted by molar-refractivity contribution is -0.264. The molecule has 10 nitrogen and oxygen atoms in total. The number of hydrogen-bond acceptors (Lipinski definition) is 10. The summed E-state index contributed by atoms with van der Waals surface area (Å²) < 4.78 is 38.8. The van der Waals surface area contributed by atoms with Crippen LogP contribution in [0.25, 0.3) is 0 Å². The molecular weight excluding hydrogens is 528 g/mol. The van der Waals surface area contributed by atoms with Crippen LogP contribution in [-0.2, 0) is 19.4 Å². The molecule has 39 heavy (non-hydrogen) atoms. The van der Waals surface area contributed by atoms with Gasteiger partial charge in [0.05, 0.1) is 24.4 Å². The fourth-order valence-corrected chi connectivity index (χ4v) is 9.86. The third-order valence-electron chi connectivity index (χ3n) is 11.9. The number of aliphatic hydroxyl groups is 5. The zero-order chi connectivity index (χ0) is 29.4. The Balaban J connectivity index is 1.67. The van der Waals surface area contributed by atoms with E-state index in [1.807, 2.05) is 13.8 Å². The molecule has 0 spiro atoms. The molecule has 0 radical (unpaired) electrons. The van der Waals surface area contributed by atoms with E-state index < -0.39 is 81.5 Å². The summed E-state index contributed by atoms with van der Waals surface area (Å²) in [5, 5.41) is 55.4. The van der Waals surface area contributed by atoms with E-state index in [4.69, 9.17) is 0 Å². The first-order chi connectivity index (χ1) is 17.8. The van der Waals surface area contributed by atoms with Crippen molar-refractivity contribution in [3.8, 4) is 0 Å². The van der Waals surface area contributed by atoms with E-state index in [0.29, 0.717) is 31.1 Å². The van der Waals surface area contributed by atoms with Crippen LogP contribution in [0, 0.1) is 58.2 Å². The van der Waals surface area contributed by atoms with Gasteiger partial charge in [-0.3, -0.25) is 8.98 Å². The van der Waals surface area contributed by atoms with Gasteiger partial charge in [0, 0.05) is 24.2 Å². The minimum atomic E-state index is -5.18. The summed E-state index contributed by atoms with van der Waals surface area (Å²) >= 11 is 0. The summed E-state index contributed by atoms with van der Waals surface area (Å²) in [5.41, 5.74) is -1.54. The van der Waals surface area contributed by atoms with E-state index in [2.05, 4.69) is 25.0 Å². The first-order valence-electron chi connectivity index (χ1n) is 14.4. The Bertz CT molecular complexity index is 1030. The Kier molecular flexibility index (Phi) is 8.47. The van der Waals surface area contributed by atoms with Gasteiger partial charge in [-0.25, -0.2) is 8.42 Å². The van der Waals surface area contributed by atoms with Crippen molar-refractivity contribution >= 4 is 16.2 Å². The predicted octanol–water partition coefficient (Wildman–Crippen LogP) is 1.23. The Morgan fingerprint density at radius 3 is 2.15 bits per heavy atom. The van der Waals surface area contributed by atoms with Gasteiger partial charge < -0.3 is 30.1 Å². The first-order valence-corrected chi connectivity index (χ1v) is 15.8. The highest BCUT2D eigenvalue weighted by Crippen LogP contribution is 2.67. The Morgan fingerprint density at radius 1 is 1.00 bits per heavy atom. The maximum absolute atomic E-state index is 13.7. The Hall–Kier alpha value is -0.660. The number of ketones is 1. The normalized spacial score (nSPS) is 48.7. The zero-order valence-corrected chi connectivity index (χ0v) is 24.6. The number of Topliss-reactive ketones (excluding diaryl/α,β-unsaturated/α-hetero) is 1. The van der Waals surface area contributed by atoms with Crippen LogP contribution < -0.4 is 0 Å². The monoisotopic (exact) mass is 575 g/mol. The summed E-state index contributed by atoms with van der Waals surface area (Å²) in [6.07, 6.45) is -6.39.